The Morgan fingerprint density at radius 1 is 1.43 bits per heavy atom. The van der Waals surface area contributed by atoms with Crippen LogP contribution in [0.3, 0.4) is 0 Å². The van der Waals surface area contributed by atoms with Crippen LogP contribution in [-0.4, -0.2) is 78.4 Å². The van der Waals surface area contributed by atoms with Crippen molar-refractivity contribution in [3.63, 3.8) is 0 Å². The summed E-state index contributed by atoms with van der Waals surface area (Å²) in [4.78, 5) is 27.1. The van der Waals surface area contributed by atoms with Crippen molar-refractivity contribution in [1.29, 1.82) is 0 Å². The summed E-state index contributed by atoms with van der Waals surface area (Å²) in [5.74, 6) is -0.0485. The van der Waals surface area contributed by atoms with E-state index in [9.17, 15) is 9.59 Å². The Morgan fingerprint density at radius 2 is 2.10 bits per heavy atom. The highest BCUT2D eigenvalue weighted by atomic mass is 16.6. The van der Waals surface area contributed by atoms with E-state index in [0.29, 0.717) is 32.6 Å². The average molecular weight is 301 g/mol. The van der Waals surface area contributed by atoms with Crippen molar-refractivity contribution in [2.24, 2.45) is 0 Å². The minimum Gasteiger partial charge on any atom is -0.444 e. The average Bonchev–Trinajstić information content (AvgIpc) is 2.37. The summed E-state index contributed by atoms with van der Waals surface area (Å²) in [6.07, 6.45) is -0.0411. The van der Waals surface area contributed by atoms with E-state index < -0.39 is 5.60 Å². The molecule has 0 aromatic rings. The van der Waals surface area contributed by atoms with Crippen LogP contribution in [0.4, 0.5) is 4.79 Å². The molecule has 1 atom stereocenters. The number of rotatable bonds is 4. The van der Waals surface area contributed by atoms with Crippen LogP contribution < -0.4 is 5.32 Å². The van der Waals surface area contributed by atoms with Crippen molar-refractivity contribution in [3.05, 3.63) is 0 Å². The second-order valence-electron chi connectivity index (χ2n) is 6.32. The van der Waals surface area contributed by atoms with Crippen LogP contribution in [0, 0.1) is 0 Å². The number of likely N-dealkylation sites (N-methyl/N-ethyl adjacent to an activating group) is 1. The van der Waals surface area contributed by atoms with E-state index in [4.69, 9.17) is 9.84 Å². The van der Waals surface area contributed by atoms with E-state index in [1.54, 1.807) is 11.9 Å². The van der Waals surface area contributed by atoms with Crippen LogP contribution in [0.5, 0.6) is 0 Å². The Bertz CT molecular complexity index is 368. The Labute approximate surface area is 126 Å². The third kappa shape index (κ3) is 6.31. The summed E-state index contributed by atoms with van der Waals surface area (Å²) in [6, 6.07) is -0.0834. The first-order chi connectivity index (χ1) is 9.73. The lowest BCUT2D eigenvalue weighted by atomic mass is 10.1. The molecule has 1 aliphatic heterocycles. The standard InChI is InChI=1S/C14H27N3O4/c1-14(2,3)21-13(20)17-6-5-15-11(10-17)9-12(19)16(4)7-8-18/h11,15,18H,5-10H2,1-4H3. The fourth-order valence-corrected chi connectivity index (χ4v) is 2.10. The number of nitrogens with one attached hydrogen (secondary N) is 1. The molecule has 1 aliphatic rings. The molecule has 0 aromatic carbocycles. The van der Waals surface area contributed by atoms with E-state index in [1.165, 1.54) is 4.90 Å². The molecule has 1 saturated heterocycles. The highest BCUT2D eigenvalue weighted by Gasteiger charge is 2.28. The number of carbonyl (C=O) groups is 2. The fourth-order valence-electron chi connectivity index (χ4n) is 2.10. The number of hydrogen-bond acceptors (Lipinski definition) is 5. The Hall–Kier alpha value is -1.34. The highest BCUT2D eigenvalue weighted by Crippen LogP contribution is 2.12. The zero-order valence-electron chi connectivity index (χ0n) is 13.4. The second-order valence-corrected chi connectivity index (χ2v) is 6.32. The smallest absolute Gasteiger partial charge is 0.410 e. The van der Waals surface area contributed by atoms with E-state index in [-0.39, 0.29) is 24.6 Å². The minimum absolute atomic E-state index is 0.0485. The van der Waals surface area contributed by atoms with Crippen LogP contribution in [0.1, 0.15) is 27.2 Å². The Morgan fingerprint density at radius 3 is 2.67 bits per heavy atom. The van der Waals surface area contributed by atoms with Crippen molar-refractivity contribution in [2.75, 3.05) is 39.8 Å². The van der Waals surface area contributed by atoms with Gasteiger partial charge in [-0.15, -0.1) is 0 Å². The van der Waals surface area contributed by atoms with Gasteiger partial charge in [-0.2, -0.15) is 0 Å². The zero-order chi connectivity index (χ0) is 16.0. The van der Waals surface area contributed by atoms with Gasteiger partial charge in [-0.25, -0.2) is 4.79 Å². The van der Waals surface area contributed by atoms with Crippen LogP contribution in [0.2, 0.25) is 0 Å². The first kappa shape index (κ1) is 17.7. The number of hydrogen-bond donors (Lipinski definition) is 2. The molecule has 2 N–H and O–H groups in total. The normalized spacial score (nSPS) is 19.3. The summed E-state index contributed by atoms with van der Waals surface area (Å²) in [7, 11) is 1.66. The number of carbonyl (C=O) groups excluding carboxylic acids is 2. The van der Waals surface area contributed by atoms with E-state index in [2.05, 4.69) is 5.32 Å². The van der Waals surface area contributed by atoms with Gasteiger partial charge in [-0.05, 0) is 20.8 Å². The number of aliphatic hydroxyl groups excluding tert-OH is 1. The van der Waals surface area contributed by atoms with Gasteiger partial charge in [-0.1, -0.05) is 0 Å². The number of amides is 2. The molecule has 1 unspecified atom stereocenters. The molecule has 0 aromatic heterocycles. The number of piperazine rings is 1. The maximum absolute atomic E-state index is 12.0. The maximum Gasteiger partial charge on any atom is 0.410 e. The van der Waals surface area contributed by atoms with Crippen molar-refractivity contribution >= 4 is 12.0 Å². The van der Waals surface area contributed by atoms with Crippen LogP contribution >= 0.6 is 0 Å². The van der Waals surface area contributed by atoms with Gasteiger partial charge >= 0.3 is 6.09 Å². The maximum atomic E-state index is 12.0. The van der Waals surface area contributed by atoms with Crippen LogP contribution in [-0.2, 0) is 9.53 Å². The molecule has 21 heavy (non-hydrogen) atoms. The van der Waals surface area contributed by atoms with Crippen molar-refractivity contribution in [1.82, 2.24) is 15.1 Å². The van der Waals surface area contributed by atoms with Gasteiger partial charge in [0.15, 0.2) is 0 Å². The van der Waals surface area contributed by atoms with Crippen molar-refractivity contribution in [3.8, 4) is 0 Å². The fraction of sp³-hybridized carbons (Fsp3) is 0.857. The molecule has 1 heterocycles. The minimum atomic E-state index is -0.519. The van der Waals surface area contributed by atoms with Gasteiger partial charge in [-0.3, -0.25) is 4.79 Å². The molecule has 122 valence electrons. The molecule has 7 heteroatoms. The predicted molar refractivity (Wildman–Crippen MR) is 78.9 cm³/mol. The first-order valence-corrected chi connectivity index (χ1v) is 7.29. The lowest BCUT2D eigenvalue weighted by Gasteiger charge is -2.35. The number of ether oxygens (including phenoxy) is 1. The molecule has 0 radical (unpaired) electrons. The molecule has 1 fully saturated rings. The second kappa shape index (κ2) is 7.61. The molecule has 2 amide bonds. The summed E-state index contributed by atoms with van der Waals surface area (Å²) < 4.78 is 5.35. The molecule has 0 aliphatic carbocycles. The van der Waals surface area contributed by atoms with Crippen molar-refractivity contribution < 1.29 is 19.4 Å². The molecular formula is C14H27N3O4. The van der Waals surface area contributed by atoms with Gasteiger partial charge in [0.2, 0.25) is 5.91 Å². The van der Waals surface area contributed by atoms with Gasteiger partial charge in [0.25, 0.3) is 0 Å². The largest absolute Gasteiger partial charge is 0.444 e. The summed E-state index contributed by atoms with van der Waals surface area (Å²) in [5.41, 5.74) is -0.519. The topological polar surface area (TPSA) is 82.1 Å². The SMILES string of the molecule is CN(CCO)C(=O)CC1CN(C(=O)OC(C)(C)C)CCN1. The summed E-state index contributed by atoms with van der Waals surface area (Å²) in [6.45, 7) is 7.43. The van der Waals surface area contributed by atoms with Crippen molar-refractivity contribution in [2.45, 2.75) is 38.8 Å². The number of nitrogens with zero attached hydrogens (tertiary/aromatic N) is 2. The lowest BCUT2D eigenvalue weighted by molar-refractivity contribution is -0.131. The molecule has 0 bridgehead atoms. The molecule has 1 rings (SSSR count). The molecular weight excluding hydrogens is 274 g/mol. The van der Waals surface area contributed by atoms with Gasteiger partial charge < -0.3 is 25.0 Å². The zero-order valence-corrected chi connectivity index (χ0v) is 13.4. The lowest BCUT2D eigenvalue weighted by Crippen LogP contribution is -2.54. The summed E-state index contributed by atoms with van der Waals surface area (Å²) >= 11 is 0. The van der Waals surface area contributed by atoms with Gasteiger partial charge in [0, 0.05) is 45.7 Å². The summed E-state index contributed by atoms with van der Waals surface area (Å²) in [5, 5.41) is 12.1. The molecule has 7 nitrogen and oxygen atoms in total. The third-order valence-corrected chi connectivity index (χ3v) is 3.19. The van der Waals surface area contributed by atoms with E-state index in [1.807, 2.05) is 20.8 Å². The number of aliphatic hydroxyl groups is 1. The van der Waals surface area contributed by atoms with E-state index in [0.717, 1.165) is 0 Å². The molecule has 0 spiro atoms. The van der Waals surface area contributed by atoms with Crippen LogP contribution in [0.25, 0.3) is 0 Å². The van der Waals surface area contributed by atoms with Gasteiger partial charge in [0.05, 0.1) is 6.61 Å². The monoisotopic (exact) mass is 301 g/mol. The third-order valence-electron chi connectivity index (χ3n) is 3.19. The Kier molecular flexibility index (Phi) is 6.42. The van der Waals surface area contributed by atoms with E-state index >= 15 is 0 Å². The molecule has 0 saturated carbocycles. The highest BCUT2D eigenvalue weighted by molar-refractivity contribution is 5.76. The Balaban J connectivity index is 2.48. The predicted octanol–water partition coefficient (Wildman–Crippen LogP) is 0.0361. The quantitative estimate of drug-likeness (QED) is 0.766. The van der Waals surface area contributed by atoms with Crippen LogP contribution in [0.15, 0.2) is 0 Å². The van der Waals surface area contributed by atoms with Gasteiger partial charge in [0.1, 0.15) is 5.60 Å². The first-order valence-electron chi connectivity index (χ1n) is 7.29.